The van der Waals surface area contributed by atoms with Gasteiger partial charge in [0.05, 0.1) is 7.11 Å². The number of benzene rings is 1. The van der Waals surface area contributed by atoms with Gasteiger partial charge in [-0.3, -0.25) is 4.79 Å². The quantitative estimate of drug-likeness (QED) is 0.773. The minimum Gasteiger partial charge on any atom is -0.468 e. The molecule has 0 saturated carbocycles. The lowest BCUT2D eigenvalue weighted by molar-refractivity contribution is -0.138. The van der Waals surface area contributed by atoms with E-state index in [1.54, 1.807) is 6.20 Å². The standard InChI is InChI=1S/C15H18N2O2/c1-3-10-17(11-14(18)19-2)15-13-7-5-4-6-12(13)8-9-16-15/h4-9H,3,10-11H2,1-2H3. The average Bonchev–Trinajstić information content (AvgIpc) is 2.46. The van der Waals surface area contributed by atoms with Crippen LogP contribution in [-0.4, -0.2) is 31.2 Å². The predicted octanol–water partition coefficient (Wildman–Crippen LogP) is 2.62. The number of esters is 1. The molecule has 0 aliphatic rings. The highest BCUT2D eigenvalue weighted by atomic mass is 16.5. The van der Waals surface area contributed by atoms with E-state index in [2.05, 4.69) is 11.9 Å². The summed E-state index contributed by atoms with van der Waals surface area (Å²) in [6.45, 7) is 3.08. The molecule has 0 N–H and O–H groups in total. The molecule has 0 unspecified atom stereocenters. The van der Waals surface area contributed by atoms with Crippen LogP contribution >= 0.6 is 0 Å². The summed E-state index contributed by atoms with van der Waals surface area (Å²) in [5, 5.41) is 2.18. The molecule has 2 aromatic rings. The van der Waals surface area contributed by atoms with Gasteiger partial charge in [-0.15, -0.1) is 0 Å². The second-order valence-corrected chi connectivity index (χ2v) is 4.35. The van der Waals surface area contributed by atoms with Gasteiger partial charge in [0.15, 0.2) is 0 Å². The Balaban J connectivity index is 2.40. The summed E-state index contributed by atoms with van der Waals surface area (Å²) in [4.78, 5) is 17.9. The van der Waals surface area contributed by atoms with Crippen LogP contribution < -0.4 is 4.90 Å². The highest BCUT2D eigenvalue weighted by Crippen LogP contribution is 2.24. The number of aromatic nitrogens is 1. The van der Waals surface area contributed by atoms with Crippen LogP contribution in [0.25, 0.3) is 10.8 Å². The second-order valence-electron chi connectivity index (χ2n) is 4.35. The lowest BCUT2D eigenvalue weighted by Crippen LogP contribution is -2.32. The zero-order valence-corrected chi connectivity index (χ0v) is 11.3. The van der Waals surface area contributed by atoms with Gasteiger partial charge >= 0.3 is 5.97 Å². The molecule has 0 amide bonds. The Kier molecular flexibility index (Phi) is 4.34. The highest BCUT2D eigenvalue weighted by Gasteiger charge is 2.14. The van der Waals surface area contributed by atoms with Crippen LogP contribution in [-0.2, 0) is 9.53 Å². The summed E-state index contributed by atoms with van der Waals surface area (Å²) >= 11 is 0. The largest absolute Gasteiger partial charge is 0.468 e. The average molecular weight is 258 g/mol. The van der Waals surface area contributed by atoms with Crippen LogP contribution in [0.4, 0.5) is 5.82 Å². The van der Waals surface area contributed by atoms with Crippen molar-refractivity contribution in [2.75, 3.05) is 25.1 Å². The minimum atomic E-state index is -0.247. The Morgan fingerprint density at radius 1 is 1.32 bits per heavy atom. The third kappa shape index (κ3) is 3.02. The highest BCUT2D eigenvalue weighted by molar-refractivity contribution is 5.93. The maximum absolute atomic E-state index is 11.5. The van der Waals surface area contributed by atoms with Crippen molar-refractivity contribution in [1.82, 2.24) is 4.98 Å². The van der Waals surface area contributed by atoms with Gasteiger partial charge in [-0.05, 0) is 17.9 Å². The smallest absolute Gasteiger partial charge is 0.325 e. The fourth-order valence-electron chi connectivity index (χ4n) is 2.11. The summed E-state index contributed by atoms with van der Waals surface area (Å²) in [6.07, 6.45) is 2.72. The van der Waals surface area contributed by atoms with E-state index in [1.165, 1.54) is 7.11 Å². The van der Waals surface area contributed by atoms with Gasteiger partial charge in [0.25, 0.3) is 0 Å². The summed E-state index contributed by atoms with van der Waals surface area (Å²) in [7, 11) is 1.41. The van der Waals surface area contributed by atoms with Gasteiger partial charge in [-0.1, -0.05) is 31.2 Å². The Morgan fingerprint density at radius 3 is 2.84 bits per heavy atom. The lowest BCUT2D eigenvalue weighted by Gasteiger charge is -2.23. The van der Waals surface area contributed by atoms with Crippen molar-refractivity contribution in [3.05, 3.63) is 36.5 Å². The molecule has 0 spiro atoms. The van der Waals surface area contributed by atoms with Crippen LogP contribution in [0.15, 0.2) is 36.5 Å². The molecule has 1 heterocycles. The maximum atomic E-state index is 11.5. The van der Waals surface area contributed by atoms with Crippen LogP contribution in [0.2, 0.25) is 0 Å². The van der Waals surface area contributed by atoms with Crippen molar-refractivity contribution in [1.29, 1.82) is 0 Å². The Hall–Kier alpha value is -2.10. The minimum absolute atomic E-state index is 0.228. The van der Waals surface area contributed by atoms with Crippen LogP contribution in [0.3, 0.4) is 0 Å². The monoisotopic (exact) mass is 258 g/mol. The number of rotatable bonds is 5. The van der Waals surface area contributed by atoms with E-state index in [1.807, 2.05) is 35.2 Å². The number of methoxy groups -OCH3 is 1. The maximum Gasteiger partial charge on any atom is 0.325 e. The van der Waals surface area contributed by atoms with E-state index >= 15 is 0 Å². The molecule has 0 aliphatic heterocycles. The predicted molar refractivity (Wildman–Crippen MR) is 76.3 cm³/mol. The number of anilines is 1. The number of pyridine rings is 1. The number of ether oxygens (including phenoxy) is 1. The molecule has 0 atom stereocenters. The van der Waals surface area contributed by atoms with Crippen molar-refractivity contribution in [3.8, 4) is 0 Å². The van der Waals surface area contributed by atoms with Crippen molar-refractivity contribution in [2.45, 2.75) is 13.3 Å². The first-order valence-corrected chi connectivity index (χ1v) is 6.41. The van der Waals surface area contributed by atoms with Crippen molar-refractivity contribution >= 4 is 22.6 Å². The normalized spacial score (nSPS) is 10.4. The Bertz CT molecular complexity index is 564. The van der Waals surface area contributed by atoms with Gasteiger partial charge < -0.3 is 9.64 Å². The van der Waals surface area contributed by atoms with Gasteiger partial charge in [0, 0.05) is 18.1 Å². The summed E-state index contributed by atoms with van der Waals surface area (Å²) in [5.74, 6) is 0.591. The Labute approximate surface area is 113 Å². The van der Waals surface area contributed by atoms with Gasteiger partial charge in [0.1, 0.15) is 12.4 Å². The molecular weight excluding hydrogens is 240 g/mol. The van der Waals surface area contributed by atoms with Gasteiger partial charge in [-0.2, -0.15) is 0 Å². The molecule has 19 heavy (non-hydrogen) atoms. The van der Waals surface area contributed by atoms with Crippen molar-refractivity contribution in [2.24, 2.45) is 0 Å². The summed E-state index contributed by atoms with van der Waals surface area (Å²) < 4.78 is 4.75. The molecule has 0 saturated heterocycles. The third-order valence-electron chi connectivity index (χ3n) is 2.99. The van der Waals surface area contributed by atoms with Crippen LogP contribution in [0.1, 0.15) is 13.3 Å². The molecule has 1 aromatic heterocycles. The SMILES string of the molecule is CCCN(CC(=O)OC)c1nccc2ccccc12. The van der Waals surface area contributed by atoms with Gasteiger partial charge in [-0.25, -0.2) is 4.98 Å². The molecule has 0 aliphatic carbocycles. The number of fused-ring (bicyclic) bond motifs is 1. The van der Waals surface area contributed by atoms with E-state index in [0.717, 1.165) is 29.6 Å². The second kappa shape index (κ2) is 6.18. The topological polar surface area (TPSA) is 42.4 Å². The summed E-state index contributed by atoms with van der Waals surface area (Å²) in [6, 6.07) is 10.0. The first-order chi connectivity index (χ1) is 9.26. The number of hydrogen-bond acceptors (Lipinski definition) is 4. The zero-order valence-electron chi connectivity index (χ0n) is 11.3. The van der Waals surface area contributed by atoms with E-state index in [9.17, 15) is 4.79 Å². The molecule has 1 aromatic carbocycles. The number of nitrogens with zero attached hydrogens (tertiary/aromatic N) is 2. The molecule has 2 rings (SSSR count). The molecule has 0 radical (unpaired) electrons. The molecule has 0 bridgehead atoms. The number of carbonyl (C=O) groups excluding carboxylic acids is 1. The first-order valence-electron chi connectivity index (χ1n) is 6.41. The molecule has 0 fully saturated rings. The van der Waals surface area contributed by atoms with Crippen LogP contribution in [0, 0.1) is 0 Å². The van der Waals surface area contributed by atoms with E-state index in [-0.39, 0.29) is 12.5 Å². The number of carbonyl (C=O) groups is 1. The van der Waals surface area contributed by atoms with E-state index < -0.39 is 0 Å². The third-order valence-corrected chi connectivity index (χ3v) is 2.99. The van der Waals surface area contributed by atoms with Crippen molar-refractivity contribution < 1.29 is 9.53 Å². The summed E-state index contributed by atoms with van der Waals surface area (Å²) in [5.41, 5.74) is 0. The molecule has 100 valence electrons. The fraction of sp³-hybridized carbons (Fsp3) is 0.333. The van der Waals surface area contributed by atoms with Gasteiger partial charge in [0.2, 0.25) is 0 Å². The molecule has 4 nitrogen and oxygen atoms in total. The molecular formula is C15H18N2O2. The first kappa shape index (κ1) is 13.3. The van der Waals surface area contributed by atoms with E-state index in [4.69, 9.17) is 4.74 Å². The van der Waals surface area contributed by atoms with Crippen molar-refractivity contribution in [3.63, 3.8) is 0 Å². The fourth-order valence-corrected chi connectivity index (χ4v) is 2.11. The lowest BCUT2D eigenvalue weighted by atomic mass is 10.1. The number of hydrogen-bond donors (Lipinski definition) is 0. The van der Waals surface area contributed by atoms with E-state index in [0.29, 0.717) is 0 Å². The zero-order chi connectivity index (χ0) is 13.7. The molecule has 4 heteroatoms. The van der Waals surface area contributed by atoms with Crippen LogP contribution in [0.5, 0.6) is 0 Å². The Morgan fingerprint density at radius 2 is 2.11 bits per heavy atom.